The quantitative estimate of drug-likeness (QED) is 0.855. The van der Waals surface area contributed by atoms with Gasteiger partial charge in [-0.15, -0.1) is 24.8 Å². The number of piperidine rings is 1. The van der Waals surface area contributed by atoms with Crippen molar-refractivity contribution < 1.29 is 4.79 Å². The third-order valence-corrected chi connectivity index (χ3v) is 4.57. The molecule has 2 aliphatic rings. The van der Waals surface area contributed by atoms with Crippen LogP contribution in [0, 0.1) is 5.92 Å². The first-order valence-electron chi connectivity index (χ1n) is 7.39. The third kappa shape index (κ3) is 5.40. The van der Waals surface area contributed by atoms with Crippen LogP contribution in [0.5, 0.6) is 0 Å². The van der Waals surface area contributed by atoms with Crippen LogP contribution in [-0.2, 0) is 4.79 Å². The van der Waals surface area contributed by atoms with Crippen molar-refractivity contribution in [2.75, 3.05) is 39.8 Å². The van der Waals surface area contributed by atoms with Crippen LogP contribution in [0.3, 0.4) is 0 Å². The number of hydrogen-bond acceptors (Lipinski definition) is 3. The summed E-state index contributed by atoms with van der Waals surface area (Å²) in [7, 11) is 2.00. The summed E-state index contributed by atoms with van der Waals surface area (Å²) in [6.45, 7) is 7.73. The summed E-state index contributed by atoms with van der Waals surface area (Å²) in [5.41, 5.74) is 0. The lowest BCUT2D eigenvalue weighted by molar-refractivity contribution is -0.133. The van der Waals surface area contributed by atoms with Crippen molar-refractivity contribution in [1.82, 2.24) is 15.1 Å². The van der Waals surface area contributed by atoms with Crippen LogP contribution in [0.2, 0.25) is 0 Å². The number of likely N-dealkylation sites (tertiary alicyclic amines) is 1. The van der Waals surface area contributed by atoms with Gasteiger partial charge in [-0.3, -0.25) is 4.79 Å². The summed E-state index contributed by atoms with van der Waals surface area (Å²) in [6.07, 6.45) is 4.17. The van der Waals surface area contributed by atoms with Crippen LogP contribution in [-0.4, -0.2) is 61.5 Å². The number of nitrogens with zero attached hydrogens (tertiary/aromatic N) is 2. The molecular weight excluding hydrogens is 297 g/mol. The molecule has 0 radical (unpaired) electrons. The van der Waals surface area contributed by atoms with E-state index in [1.54, 1.807) is 0 Å². The SMILES string of the molecule is CCN1CCC(N(C)C(=O)CC2CCNC2)CC1.Cl.Cl. The molecule has 2 rings (SSSR count). The van der Waals surface area contributed by atoms with Crippen LogP contribution in [0.1, 0.15) is 32.6 Å². The molecule has 0 bridgehead atoms. The molecule has 0 spiro atoms. The Hall–Kier alpha value is -0.0300. The maximum atomic E-state index is 12.2. The van der Waals surface area contributed by atoms with Gasteiger partial charge in [0, 0.05) is 32.6 Å². The zero-order valence-electron chi connectivity index (χ0n) is 12.6. The number of carbonyl (C=O) groups is 1. The number of halogens is 2. The minimum absolute atomic E-state index is 0. The van der Waals surface area contributed by atoms with Crippen LogP contribution in [0.25, 0.3) is 0 Å². The predicted octanol–water partition coefficient (Wildman–Crippen LogP) is 1.77. The summed E-state index contributed by atoms with van der Waals surface area (Å²) in [6, 6.07) is 0.467. The smallest absolute Gasteiger partial charge is 0.222 e. The van der Waals surface area contributed by atoms with Gasteiger partial charge in [-0.05, 0) is 44.8 Å². The minimum Gasteiger partial charge on any atom is -0.343 e. The van der Waals surface area contributed by atoms with Crippen LogP contribution >= 0.6 is 24.8 Å². The van der Waals surface area contributed by atoms with E-state index >= 15 is 0 Å². The van der Waals surface area contributed by atoms with E-state index in [2.05, 4.69) is 17.1 Å². The zero-order valence-corrected chi connectivity index (χ0v) is 14.3. The standard InChI is InChI=1S/C14H27N3O.2ClH/c1-3-17-8-5-13(6-9-17)16(2)14(18)10-12-4-7-15-11-12;;/h12-13,15H,3-11H2,1-2H3;2*1H. The van der Waals surface area contributed by atoms with E-state index in [0.717, 1.165) is 58.4 Å². The molecule has 0 aromatic heterocycles. The van der Waals surface area contributed by atoms with Gasteiger partial charge >= 0.3 is 0 Å². The van der Waals surface area contributed by atoms with Gasteiger partial charge in [-0.1, -0.05) is 6.92 Å². The lowest BCUT2D eigenvalue weighted by atomic mass is 10.0. The minimum atomic E-state index is 0. The summed E-state index contributed by atoms with van der Waals surface area (Å²) in [5.74, 6) is 0.911. The Labute approximate surface area is 135 Å². The maximum Gasteiger partial charge on any atom is 0.222 e. The van der Waals surface area contributed by atoms with Crippen molar-refractivity contribution >= 4 is 30.7 Å². The summed E-state index contributed by atoms with van der Waals surface area (Å²) in [5, 5.41) is 3.33. The second-order valence-corrected chi connectivity index (χ2v) is 5.73. The van der Waals surface area contributed by atoms with E-state index in [1.165, 1.54) is 0 Å². The summed E-state index contributed by atoms with van der Waals surface area (Å²) < 4.78 is 0. The third-order valence-electron chi connectivity index (χ3n) is 4.57. The number of amides is 1. The molecule has 0 saturated carbocycles. The van der Waals surface area contributed by atoms with E-state index < -0.39 is 0 Å². The maximum absolute atomic E-state index is 12.2. The van der Waals surface area contributed by atoms with Crippen molar-refractivity contribution in [2.45, 2.75) is 38.6 Å². The van der Waals surface area contributed by atoms with Gasteiger partial charge < -0.3 is 15.1 Å². The first-order valence-corrected chi connectivity index (χ1v) is 7.39. The molecule has 2 fully saturated rings. The molecule has 0 aliphatic carbocycles. The molecular formula is C14H29Cl2N3O. The Morgan fingerprint density at radius 2 is 1.90 bits per heavy atom. The molecule has 2 saturated heterocycles. The van der Waals surface area contributed by atoms with Gasteiger partial charge in [-0.25, -0.2) is 0 Å². The van der Waals surface area contributed by atoms with Crippen LogP contribution < -0.4 is 5.32 Å². The highest BCUT2D eigenvalue weighted by Crippen LogP contribution is 2.19. The zero-order chi connectivity index (χ0) is 13.0. The number of nitrogens with one attached hydrogen (secondary N) is 1. The van der Waals surface area contributed by atoms with Gasteiger partial charge in [0.1, 0.15) is 0 Å². The molecule has 2 heterocycles. The van der Waals surface area contributed by atoms with E-state index in [0.29, 0.717) is 17.9 Å². The largest absolute Gasteiger partial charge is 0.343 e. The first kappa shape index (κ1) is 20.0. The van der Waals surface area contributed by atoms with Gasteiger partial charge in [0.05, 0.1) is 0 Å². The van der Waals surface area contributed by atoms with Gasteiger partial charge in [-0.2, -0.15) is 0 Å². The van der Waals surface area contributed by atoms with Crippen LogP contribution in [0.15, 0.2) is 0 Å². The first-order chi connectivity index (χ1) is 8.70. The number of hydrogen-bond donors (Lipinski definition) is 1. The highest BCUT2D eigenvalue weighted by Gasteiger charge is 2.26. The van der Waals surface area contributed by atoms with E-state index in [-0.39, 0.29) is 24.8 Å². The Kier molecular flexibility index (Phi) is 9.81. The molecule has 6 heteroatoms. The highest BCUT2D eigenvalue weighted by atomic mass is 35.5. The summed E-state index contributed by atoms with van der Waals surface area (Å²) >= 11 is 0. The van der Waals surface area contributed by atoms with E-state index in [1.807, 2.05) is 11.9 Å². The predicted molar refractivity (Wildman–Crippen MR) is 88.0 cm³/mol. The van der Waals surface area contributed by atoms with Gasteiger partial charge in [0.15, 0.2) is 0 Å². The van der Waals surface area contributed by atoms with E-state index in [4.69, 9.17) is 0 Å². The fourth-order valence-corrected chi connectivity index (χ4v) is 3.11. The molecule has 2 aliphatic heterocycles. The molecule has 4 nitrogen and oxygen atoms in total. The lowest BCUT2D eigenvalue weighted by Crippen LogP contribution is -2.45. The fourth-order valence-electron chi connectivity index (χ4n) is 3.11. The monoisotopic (exact) mass is 325 g/mol. The fraction of sp³-hybridized carbons (Fsp3) is 0.929. The van der Waals surface area contributed by atoms with Crippen molar-refractivity contribution in [2.24, 2.45) is 5.92 Å². The van der Waals surface area contributed by atoms with Crippen molar-refractivity contribution in [1.29, 1.82) is 0 Å². The second kappa shape index (κ2) is 9.82. The van der Waals surface area contributed by atoms with Gasteiger partial charge in [0.25, 0.3) is 0 Å². The molecule has 20 heavy (non-hydrogen) atoms. The van der Waals surface area contributed by atoms with E-state index in [9.17, 15) is 4.79 Å². The van der Waals surface area contributed by atoms with Crippen LogP contribution in [0.4, 0.5) is 0 Å². The van der Waals surface area contributed by atoms with Crippen molar-refractivity contribution in [3.8, 4) is 0 Å². The van der Waals surface area contributed by atoms with Crippen molar-refractivity contribution in [3.05, 3.63) is 0 Å². The Balaban J connectivity index is 0.00000180. The molecule has 1 N–H and O–H groups in total. The number of rotatable bonds is 4. The average molecular weight is 326 g/mol. The molecule has 1 unspecified atom stereocenters. The molecule has 120 valence electrons. The molecule has 0 aromatic rings. The second-order valence-electron chi connectivity index (χ2n) is 5.73. The lowest BCUT2D eigenvalue weighted by Gasteiger charge is -2.36. The van der Waals surface area contributed by atoms with Gasteiger partial charge in [0.2, 0.25) is 5.91 Å². The summed E-state index contributed by atoms with van der Waals surface area (Å²) in [4.78, 5) is 16.7. The Bertz CT molecular complexity index is 278. The Morgan fingerprint density at radius 1 is 1.25 bits per heavy atom. The van der Waals surface area contributed by atoms with Crippen molar-refractivity contribution in [3.63, 3.8) is 0 Å². The number of carbonyl (C=O) groups excluding carboxylic acids is 1. The topological polar surface area (TPSA) is 35.6 Å². The molecule has 0 aromatic carbocycles. The average Bonchev–Trinajstić information content (AvgIpc) is 2.91. The Morgan fingerprint density at radius 3 is 2.40 bits per heavy atom. The highest BCUT2D eigenvalue weighted by molar-refractivity contribution is 5.85. The molecule has 1 amide bonds. The molecule has 1 atom stereocenters. The normalized spacial score (nSPS) is 23.8.